The Morgan fingerprint density at radius 2 is 1.96 bits per heavy atom. The number of carbonyl (C=O) groups is 2. The minimum absolute atomic E-state index is 0.254. The van der Waals surface area contributed by atoms with Crippen molar-refractivity contribution in [3.8, 4) is 0 Å². The standard InChI is InChI=1S/C18H25N5O2/c1-13(12-23-10-4-9-21-23)11-20-17(25)22-15-7-5-14(6-8-15)18(2,3)16(19)24/h4-10,13H,11-12H2,1-3H3,(H2,19,24)(H2,20,22,25)/t13-/m0/s1. The summed E-state index contributed by atoms with van der Waals surface area (Å²) in [6, 6.07) is 8.70. The fraction of sp³-hybridized carbons (Fsp3) is 0.389. The first kappa shape index (κ1) is 18.5. The number of urea groups is 1. The molecule has 2 aromatic rings. The van der Waals surface area contributed by atoms with Gasteiger partial charge in [-0.25, -0.2) is 4.79 Å². The van der Waals surface area contributed by atoms with Gasteiger partial charge in [0, 0.05) is 31.2 Å². The molecule has 0 aliphatic rings. The number of carbonyl (C=O) groups excluding carboxylic acids is 2. The lowest BCUT2D eigenvalue weighted by Gasteiger charge is -2.21. The molecule has 0 fully saturated rings. The number of benzene rings is 1. The van der Waals surface area contributed by atoms with Gasteiger partial charge < -0.3 is 16.4 Å². The van der Waals surface area contributed by atoms with Crippen molar-refractivity contribution in [2.24, 2.45) is 11.7 Å². The fourth-order valence-electron chi connectivity index (χ4n) is 2.35. The molecule has 4 N–H and O–H groups in total. The molecule has 1 aromatic carbocycles. The van der Waals surface area contributed by atoms with Crippen molar-refractivity contribution in [3.05, 3.63) is 48.3 Å². The van der Waals surface area contributed by atoms with E-state index in [1.807, 2.05) is 23.9 Å². The van der Waals surface area contributed by atoms with Gasteiger partial charge in [-0.2, -0.15) is 5.10 Å². The highest BCUT2D eigenvalue weighted by Gasteiger charge is 2.26. The van der Waals surface area contributed by atoms with Gasteiger partial charge in [-0.15, -0.1) is 0 Å². The van der Waals surface area contributed by atoms with E-state index in [-0.39, 0.29) is 11.9 Å². The molecule has 2 rings (SSSR count). The van der Waals surface area contributed by atoms with Crippen LogP contribution in [0.4, 0.5) is 10.5 Å². The third kappa shape index (κ3) is 5.07. The molecule has 0 aliphatic carbocycles. The Kier molecular flexibility index (Phi) is 5.80. The quantitative estimate of drug-likeness (QED) is 0.717. The number of hydrogen-bond donors (Lipinski definition) is 3. The largest absolute Gasteiger partial charge is 0.369 e. The van der Waals surface area contributed by atoms with Crippen LogP contribution in [0.15, 0.2) is 42.7 Å². The van der Waals surface area contributed by atoms with Crippen molar-refractivity contribution in [2.45, 2.75) is 32.7 Å². The molecule has 1 heterocycles. The first-order valence-electron chi connectivity index (χ1n) is 8.21. The molecule has 0 spiro atoms. The fourth-order valence-corrected chi connectivity index (χ4v) is 2.35. The maximum absolute atomic E-state index is 12.0. The Bertz CT molecular complexity index is 708. The van der Waals surface area contributed by atoms with Crippen LogP contribution in [0.3, 0.4) is 0 Å². The predicted molar refractivity (Wildman–Crippen MR) is 97.1 cm³/mol. The Morgan fingerprint density at radius 1 is 1.28 bits per heavy atom. The van der Waals surface area contributed by atoms with E-state index < -0.39 is 11.3 Å². The SMILES string of the molecule is C[C@@H](CNC(=O)Nc1ccc(C(C)(C)C(N)=O)cc1)Cn1cccn1. The molecule has 25 heavy (non-hydrogen) atoms. The van der Waals surface area contributed by atoms with Crippen molar-refractivity contribution in [3.63, 3.8) is 0 Å². The second-order valence-corrected chi connectivity index (χ2v) is 6.73. The average Bonchev–Trinajstić information content (AvgIpc) is 3.06. The highest BCUT2D eigenvalue weighted by Crippen LogP contribution is 2.24. The van der Waals surface area contributed by atoms with Gasteiger partial charge >= 0.3 is 6.03 Å². The van der Waals surface area contributed by atoms with Crippen LogP contribution in [-0.2, 0) is 16.8 Å². The number of nitrogens with zero attached hydrogens (tertiary/aromatic N) is 2. The molecular formula is C18H25N5O2. The van der Waals surface area contributed by atoms with Crippen LogP contribution in [-0.4, -0.2) is 28.3 Å². The Labute approximate surface area is 147 Å². The third-order valence-corrected chi connectivity index (χ3v) is 4.15. The molecule has 0 unspecified atom stereocenters. The number of rotatable bonds is 7. The van der Waals surface area contributed by atoms with E-state index in [0.717, 1.165) is 12.1 Å². The third-order valence-electron chi connectivity index (χ3n) is 4.15. The highest BCUT2D eigenvalue weighted by molar-refractivity contribution is 5.89. The maximum atomic E-state index is 12.0. The molecule has 0 bridgehead atoms. The summed E-state index contributed by atoms with van der Waals surface area (Å²) < 4.78 is 1.84. The molecule has 3 amide bonds. The summed E-state index contributed by atoms with van der Waals surface area (Å²) in [5.74, 6) is -0.137. The topological polar surface area (TPSA) is 102 Å². The molecular weight excluding hydrogens is 318 g/mol. The van der Waals surface area contributed by atoms with Crippen LogP contribution in [0, 0.1) is 5.92 Å². The van der Waals surface area contributed by atoms with Crippen molar-refractivity contribution >= 4 is 17.6 Å². The summed E-state index contributed by atoms with van der Waals surface area (Å²) in [6.45, 7) is 6.86. The number of amides is 3. The van der Waals surface area contributed by atoms with Gasteiger partial charge in [0.1, 0.15) is 0 Å². The lowest BCUT2D eigenvalue weighted by Crippen LogP contribution is -2.35. The molecule has 0 radical (unpaired) electrons. The molecule has 7 nitrogen and oxygen atoms in total. The highest BCUT2D eigenvalue weighted by atomic mass is 16.2. The van der Waals surface area contributed by atoms with E-state index in [1.165, 1.54) is 0 Å². The van der Waals surface area contributed by atoms with Gasteiger partial charge in [0.05, 0.1) is 5.41 Å². The number of hydrogen-bond acceptors (Lipinski definition) is 3. The predicted octanol–water partition coefficient (Wildman–Crippen LogP) is 2.10. The molecule has 0 aliphatic heterocycles. The van der Waals surface area contributed by atoms with Crippen LogP contribution < -0.4 is 16.4 Å². The Hall–Kier alpha value is -2.83. The summed E-state index contributed by atoms with van der Waals surface area (Å²) in [4.78, 5) is 23.5. The molecule has 1 atom stereocenters. The second kappa shape index (κ2) is 7.83. The van der Waals surface area contributed by atoms with Crippen molar-refractivity contribution in [2.75, 3.05) is 11.9 Å². The van der Waals surface area contributed by atoms with Gasteiger partial charge in [0.2, 0.25) is 5.91 Å². The first-order valence-corrected chi connectivity index (χ1v) is 8.21. The minimum atomic E-state index is -0.747. The number of aromatic nitrogens is 2. The summed E-state index contributed by atoms with van der Waals surface area (Å²) in [6.07, 6.45) is 3.63. The minimum Gasteiger partial charge on any atom is -0.369 e. The number of nitrogens with one attached hydrogen (secondary N) is 2. The average molecular weight is 343 g/mol. The number of nitrogens with two attached hydrogens (primary N) is 1. The summed E-state index contributed by atoms with van der Waals surface area (Å²) >= 11 is 0. The lowest BCUT2D eigenvalue weighted by atomic mass is 9.84. The van der Waals surface area contributed by atoms with Crippen molar-refractivity contribution < 1.29 is 9.59 Å². The zero-order chi connectivity index (χ0) is 18.4. The number of anilines is 1. The van der Waals surface area contributed by atoms with E-state index in [0.29, 0.717) is 12.2 Å². The smallest absolute Gasteiger partial charge is 0.319 e. The van der Waals surface area contributed by atoms with Crippen LogP contribution in [0.25, 0.3) is 0 Å². The molecule has 134 valence electrons. The van der Waals surface area contributed by atoms with Crippen LogP contribution in [0.5, 0.6) is 0 Å². The Balaban J connectivity index is 1.83. The zero-order valence-corrected chi connectivity index (χ0v) is 14.8. The van der Waals surface area contributed by atoms with Crippen molar-refractivity contribution in [1.29, 1.82) is 0 Å². The van der Waals surface area contributed by atoms with Gasteiger partial charge in [-0.1, -0.05) is 19.1 Å². The van der Waals surface area contributed by atoms with E-state index >= 15 is 0 Å². The van der Waals surface area contributed by atoms with Gasteiger partial charge in [-0.05, 0) is 43.5 Å². The molecule has 0 saturated heterocycles. The normalized spacial score (nSPS) is 12.4. The maximum Gasteiger partial charge on any atom is 0.319 e. The molecule has 7 heteroatoms. The van der Waals surface area contributed by atoms with Crippen LogP contribution in [0.1, 0.15) is 26.3 Å². The molecule has 0 saturated carbocycles. The zero-order valence-electron chi connectivity index (χ0n) is 14.8. The second-order valence-electron chi connectivity index (χ2n) is 6.73. The van der Waals surface area contributed by atoms with E-state index in [9.17, 15) is 9.59 Å². The monoisotopic (exact) mass is 343 g/mol. The summed E-state index contributed by atoms with van der Waals surface area (Å²) in [5, 5.41) is 9.76. The van der Waals surface area contributed by atoms with Crippen molar-refractivity contribution in [1.82, 2.24) is 15.1 Å². The summed E-state index contributed by atoms with van der Waals surface area (Å²) in [7, 11) is 0. The van der Waals surface area contributed by atoms with Gasteiger partial charge in [0.25, 0.3) is 0 Å². The first-order chi connectivity index (χ1) is 11.8. The lowest BCUT2D eigenvalue weighted by molar-refractivity contribution is -0.122. The van der Waals surface area contributed by atoms with E-state index in [4.69, 9.17) is 5.73 Å². The number of primary amides is 1. The molecule has 1 aromatic heterocycles. The van der Waals surface area contributed by atoms with Crippen LogP contribution in [0.2, 0.25) is 0 Å². The van der Waals surface area contributed by atoms with Gasteiger partial charge in [0.15, 0.2) is 0 Å². The van der Waals surface area contributed by atoms with E-state index in [2.05, 4.69) is 15.7 Å². The van der Waals surface area contributed by atoms with Crippen LogP contribution >= 0.6 is 0 Å². The summed E-state index contributed by atoms with van der Waals surface area (Å²) in [5.41, 5.74) is 6.12. The van der Waals surface area contributed by atoms with Gasteiger partial charge in [-0.3, -0.25) is 9.48 Å². The Morgan fingerprint density at radius 3 is 2.52 bits per heavy atom. The van der Waals surface area contributed by atoms with E-state index in [1.54, 1.807) is 44.3 Å².